The Morgan fingerprint density at radius 1 is 0.875 bits per heavy atom. The number of hydrogen-bond donors (Lipinski definition) is 2. The first-order chi connectivity index (χ1) is 11.7. The molecule has 24 heavy (non-hydrogen) atoms. The first-order valence-electron chi connectivity index (χ1n) is 7.64. The zero-order chi connectivity index (χ0) is 16.8. The molecule has 3 aromatic rings. The molecule has 0 aliphatic rings. The van der Waals surface area contributed by atoms with Crippen LogP contribution < -0.4 is 15.8 Å². The van der Waals surface area contributed by atoms with Gasteiger partial charge in [-0.1, -0.05) is 48.5 Å². The van der Waals surface area contributed by atoms with E-state index in [1.54, 1.807) is 24.3 Å². The SMILES string of the molecule is Nc1cccc(NC(=O)COc2ccc(-c3ccccc3)cc2)c1. The summed E-state index contributed by atoms with van der Waals surface area (Å²) in [5.41, 5.74) is 9.18. The molecule has 0 aliphatic heterocycles. The number of ether oxygens (including phenoxy) is 1. The van der Waals surface area contributed by atoms with Crippen molar-refractivity contribution in [3.05, 3.63) is 78.9 Å². The molecule has 0 fully saturated rings. The van der Waals surface area contributed by atoms with Crippen molar-refractivity contribution >= 4 is 17.3 Å². The number of rotatable bonds is 5. The molecule has 0 unspecified atom stereocenters. The van der Waals surface area contributed by atoms with Crippen molar-refractivity contribution in [2.45, 2.75) is 0 Å². The van der Waals surface area contributed by atoms with Gasteiger partial charge < -0.3 is 15.8 Å². The fourth-order valence-corrected chi connectivity index (χ4v) is 2.34. The van der Waals surface area contributed by atoms with Crippen LogP contribution >= 0.6 is 0 Å². The molecule has 4 nitrogen and oxygen atoms in total. The zero-order valence-corrected chi connectivity index (χ0v) is 13.1. The summed E-state index contributed by atoms with van der Waals surface area (Å²) in [5, 5.41) is 2.75. The van der Waals surface area contributed by atoms with Gasteiger partial charge in [0.05, 0.1) is 0 Å². The van der Waals surface area contributed by atoms with E-state index in [4.69, 9.17) is 10.5 Å². The molecule has 120 valence electrons. The van der Waals surface area contributed by atoms with Crippen LogP contribution in [-0.2, 0) is 4.79 Å². The Labute approximate surface area is 140 Å². The molecular weight excluding hydrogens is 300 g/mol. The number of nitrogens with two attached hydrogens (primary N) is 1. The van der Waals surface area contributed by atoms with Crippen LogP contribution in [0.2, 0.25) is 0 Å². The number of benzene rings is 3. The average molecular weight is 318 g/mol. The maximum Gasteiger partial charge on any atom is 0.262 e. The third-order valence-electron chi connectivity index (χ3n) is 3.50. The molecule has 4 heteroatoms. The van der Waals surface area contributed by atoms with Crippen LogP contribution in [-0.4, -0.2) is 12.5 Å². The number of amides is 1. The topological polar surface area (TPSA) is 64.3 Å². The van der Waals surface area contributed by atoms with Crippen molar-refractivity contribution < 1.29 is 9.53 Å². The number of nitrogens with one attached hydrogen (secondary N) is 1. The fourth-order valence-electron chi connectivity index (χ4n) is 2.34. The third-order valence-corrected chi connectivity index (χ3v) is 3.50. The van der Waals surface area contributed by atoms with E-state index in [2.05, 4.69) is 17.4 Å². The second-order valence-electron chi connectivity index (χ2n) is 5.35. The van der Waals surface area contributed by atoms with Gasteiger partial charge in [0.2, 0.25) is 0 Å². The largest absolute Gasteiger partial charge is 0.484 e. The minimum absolute atomic E-state index is 0.0561. The van der Waals surface area contributed by atoms with Crippen LogP contribution in [0.15, 0.2) is 78.9 Å². The molecular formula is C20H18N2O2. The van der Waals surface area contributed by atoms with Crippen LogP contribution in [0.5, 0.6) is 5.75 Å². The highest BCUT2D eigenvalue weighted by Gasteiger charge is 2.04. The minimum atomic E-state index is -0.229. The molecule has 3 N–H and O–H groups in total. The van der Waals surface area contributed by atoms with Crippen LogP contribution in [0.1, 0.15) is 0 Å². The van der Waals surface area contributed by atoms with Gasteiger partial charge in [-0.2, -0.15) is 0 Å². The highest BCUT2D eigenvalue weighted by Crippen LogP contribution is 2.22. The summed E-state index contributed by atoms with van der Waals surface area (Å²) in [6.07, 6.45) is 0. The molecule has 1 amide bonds. The highest BCUT2D eigenvalue weighted by atomic mass is 16.5. The van der Waals surface area contributed by atoms with Gasteiger partial charge in [-0.15, -0.1) is 0 Å². The van der Waals surface area contributed by atoms with E-state index in [-0.39, 0.29) is 12.5 Å². The Kier molecular flexibility index (Phi) is 4.77. The summed E-state index contributed by atoms with van der Waals surface area (Å²) in [5.74, 6) is 0.421. The lowest BCUT2D eigenvalue weighted by atomic mass is 10.1. The van der Waals surface area contributed by atoms with E-state index < -0.39 is 0 Å². The Morgan fingerprint density at radius 3 is 2.29 bits per heavy atom. The monoisotopic (exact) mass is 318 g/mol. The van der Waals surface area contributed by atoms with Crippen molar-refractivity contribution in [2.75, 3.05) is 17.7 Å². The second-order valence-corrected chi connectivity index (χ2v) is 5.35. The molecule has 0 atom stereocenters. The Bertz CT molecular complexity index is 815. The summed E-state index contributed by atoms with van der Waals surface area (Å²) < 4.78 is 5.52. The predicted molar refractivity (Wildman–Crippen MR) is 96.9 cm³/mol. The van der Waals surface area contributed by atoms with Gasteiger partial charge in [-0.3, -0.25) is 4.79 Å². The van der Waals surface area contributed by atoms with Gasteiger partial charge in [-0.25, -0.2) is 0 Å². The number of nitrogen functional groups attached to an aromatic ring is 1. The maximum atomic E-state index is 11.9. The van der Waals surface area contributed by atoms with Gasteiger partial charge in [0.25, 0.3) is 5.91 Å². The van der Waals surface area contributed by atoms with Gasteiger partial charge in [0, 0.05) is 11.4 Å². The lowest BCUT2D eigenvalue weighted by Gasteiger charge is -2.09. The smallest absolute Gasteiger partial charge is 0.262 e. The molecule has 0 saturated carbocycles. The maximum absolute atomic E-state index is 11.9. The lowest BCUT2D eigenvalue weighted by Crippen LogP contribution is -2.20. The molecule has 0 aromatic heterocycles. The van der Waals surface area contributed by atoms with Crippen molar-refractivity contribution in [1.29, 1.82) is 0 Å². The molecule has 0 bridgehead atoms. The molecule has 0 aliphatic carbocycles. The fraction of sp³-hybridized carbons (Fsp3) is 0.0500. The van der Waals surface area contributed by atoms with Crippen molar-refractivity contribution in [3.8, 4) is 16.9 Å². The van der Waals surface area contributed by atoms with Gasteiger partial charge >= 0.3 is 0 Å². The predicted octanol–water partition coefficient (Wildman–Crippen LogP) is 3.95. The lowest BCUT2D eigenvalue weighted by molar-refractivity contribution is -0.118. The molecule has 3 rings (SSSR count). The van der Waals surface area contributed by atoms with Crippen LogP contribution in [0, 0.1) is 0 Å². The number of carbonyl (C=O) groups excluding carboxylic acids is 1. The van der Waals surface area contributed by atoms with Gasteiger partial charge in [0.1, 0.15) is 5.75 Å². The van der Waals surface area contributed by atoms with Gasteiger partial charge in [-0.05, 0) is 41.5 Å². The number of hydrogen-bond acceptors (Lipinski definition) is 3. The second kappa shape index (κ2) is 7.33. The zero-order valence-electron chi connectivity index (χ0n) is 13.1. The van der Waals surface area contributed by atoms with Crippen molar-refractivity contribution in [2.24, 2.45) is 0 Å². The molecule has 0 saturated heterocycles. The average Bonchev–Trinajstić information content (AvgIpc) is 2.61. The summed E-state index contributed by atoms with van der Waals surface area (Å²) in [6, 6.07) is 24.8. The molecule has 0 heterocycles. The van der Waals surface area contributed by atoms with E-state index in [1.165, 1.54) is 0 Å². The summed E-state index contributed by atoms with van der Waals surface area (Å²) in [6.45, 7) is -0.0561. The normalized spacial score (nSPS) is 10.2. The summed E-state index contributed by atoms with van der Waals surface area (Å²) in [7, 11) is 0. The Hall–Kier alpha value is -3.27. The number of anilines is 2. The standard InChI is InChI=1S/C20H18N2O2/c21-17-7-4-8-18(13-17)22-20(23)14-24-19-11-9-16(10-12-19)15-5-2-1-3-6-15/h1-13H,14,21H2,(H,22,23). The van der Waals surface area contributed by atoms with Crippen LogP contribution in [0.4, 0.5) is 11.4 Å². The summed E-state index contributed by atoms with van der Waals surface area (Å²) >= 11 is 0. The molecule has 0 radical (unpaired) electrons. The van der Waals surface area contributed by atoms with Crippen LogP contribution in [0.3, 0.4) is 0 Å². The molecule has 0 spiro atoms. The first-order valence-corrected chi connectivity index (χ1v) is 7.64. The number of carbonyl (C=O) groups is 1. The van der Waals surface area contributed by atoms with Crippen molar-refractivity contribution in [3.63, 3.8) is 0 Å². The Balaban J connectivity index is 1.56. The van der Waals surface area contributed by atoms with Crippen LogP contribution in [0.25, 0.3) is 11.1 Å². The minimum Gasteiger partial charge on any atom is -0.484 e. The van der Waals surface area contributed by atoms with E-state index in [0.29, 0.717) is 17.1 Å². The van der Waals surface area contributed by atoms with Crippen molar-refractivity contribution in [1.82, 2.24) is 0 Å². The molecule has 3 aromatic carbocycles. The van der Waals surface area contributed by atoms with Gasteiger partial charge in [0.15, 0.2) is 6.61 Å². The van der Waals surface area contributed by atoms with E-state index in [1.807, 2.05) is 42.5 Å². The van der Waals surface area contributed by atoms with E-state index in [0.717, 1.165) is 11.1 Å². The quantitative estimate of drug-likeness (QED) is 0.700. The summed E-state index contributed by atoms with van der Waals surface area (Å²) in [4.78, 5) is 11.9. The third kappa shape index (κ3) is 4.14. The Morgan fingerprint density at radius 2 is 1.58 bits per heavy atom. The van der Waals surface area contributed by atoms with E-state index in [9.17, 15) is 4.79 Å². The highest BCUT2D eigenvalue weighted by molar-refractivity contribution is 5.92. The first kappa shape index (κ1) is 15.6. The van der Waals surface area contributed by atoms with E-state index >= 15 is 0 Å².